The van der Waals surface area contributed by atoms with Crippen LogP contribution in [-0.4, -0.2) is 51.3 Å². The van der Waals surface area contributed by atoms with Crippen molar-refractivity contribution in [3.63, 3.8) is 0 Å². The summed E-state index contributed by atoms with van der Waals surface area (Å²) in [5.41, 5.74) is 0.428. The van der Waals surface area contributed by atoms with Gasteiger partial charge in [-0.15, -0.1) is 10.2 Å². The molecule has 0 aromatic carbocycles. The van der Waals surface area contributed by atoms with Gasteiger partial charge in [-0.1, -0.05) is 0 Å². The van der Waals surface area contributed by atoms with Crippen LogP contribution in [0.1, 0.15) is 48.4 Å². The lowest BCUT2D eigenvalue weighted by Gasteiger charge is -2.35. The number of aromatic nitrogens is 4. The van der Waals surface area contributed by atoms with E-state index in [1.807, 2.05) is 16.4 Å². The molecular weight excluding hydrogens is 322 g/mol. The van der Waals surface area contributed by atoms with Crippen LogP contribution in [0.25, 0.3) is 0 Å². The maximum absolute atomic E-state index is 13.2. The van der Waals surface area contributed by atoms with Crippen LogP contribution in [0.5, 0.6) is 11.8 Å². The maximum Gasteiger partial charge on any atom is 0.259 e. The van der Waals surface area contributed by atoms with Crippen LogP contribution in [0.4, 0.5) is 0 Å². The van der Waals surface area contributed by atoms with Gasteiger partial charge in [0.15, 0.2) is 5.82 Å². The lowest BCUT2D eigenvalue weighted by Crippen LogP contribution is -2.40. The van der Waals surface area contributed by atoms with Crippen molar-refractivity contribution >= 4 is 5.91 Å². The summed E-state index contributed by atoms with van der Waals surface area (Å²) in [5, 5.41) is 8.27. The van der Waals surface area contributed by atoms with Crippen molar-refractivity contribution in [2.75, 3.05) is 20.8 Å². The third-order valence-electron chi connectivity index (χ3n) is 4.52. The highest BCUT2D eigenvalue weighted by Gasteiger charge is 2.33. The summed E-state index contributed by atoms with van der Waals surface area (Å²) >= 11 is 0. The molecule has 25 heavy (non-hydrogen) atoms. The lowest BCUT2D eigenvalue weighted by molar-refractivity contribution is 0.0590. The summed E-state index contributed by atoms with van der Waals surface area (Å²) in [7, 11) is 3.03. The van der Waals surface area contributed by atoms with Crippen molar-refractivity contribution in [1.29, 1.82) is 0 Å². The van der Waals surface area contributed by atoms with Crippen molar-refractivity contribution < 1.29 is 14.3 Å². The number of methoxy groups -OCH3 is 2. The number of pyridine rings is 1. The first-order valence-corrected chi connectivity index (χ1v) is 8.47. The predicted octanol–water partition coefficient (Wildman–Crippen LogP) is 2.08. The van der Waals surface area contributed by atoms with E-state index in [0.717, 1.165) is 31.6 Å². The van der Waals surface area contributed by atoms with Gasteiger partial charge in [0.05, 0.1) is 20.3 Å². The van der Waals surface area contributed by atoms with E-state index in [1.54, 1.807) is 18.5 Å². The number of carbonyl (C=O) groups is 1. The second-order valence-corrected chi connectivity index (χ2v) is 5.90. The van der Waals surface area contributed by atoms with Crippen LogP contribution in [0.3, 0.4) is 0 Å². The molecule has 0 unspecified atom stereocenters. The normalized spacial score (nSPS) is 17.4. The molecular formula is C17H23N5O3. The molecule has 1 atom stereocenters. The number of amides is 1. The third kappa shape index (κ3) is 3.29. The average molecular weight is 345 g/mol. The van der Waals surface area contributed by atoms with Crippen LogP contribution >= 0.6 is 0 Å². The zero-order valence-electron chi connectivity index (χ0n) is 14.8. The van der Waals surface area contributed by atoms with E-state index in [2.05, 4.69) is 15.2 Å². The Morgan fingerprint density at radius 2 is 2.12 bits per heavy atom. The van der Waals surface area contributed by atoms with E-state index in [-0.39, 0.29) is 17.8 Å². The Hall–Kier alpha value is -2.64. The minimum atomic E-state index is -0.109. The number of carbonyl (C=O) groups excluding carboxylic acids is 1. The Kier molecular flexibility index (Phi) is 5.16. The number of hydrogen-bond acceptors (Lipinski definition) is 6. The molecule has 3 rings (SSSR count). The van der Waals surface area contributed by atoms with Gasteiger partial charge in [0.2, 0.25) is 11.8 Å². The van der Waals surface area contributed by atoms with E-state index >= 15 is 0 Å². The lowest BCUT2D eigenvalue weighted by atomic mass is 10.00. The molecule has 0 bridgehead atoms. The first-order chi connectivity index (χ1) is 12.2. The molecule has 2 aromatic rings. The Labute approximate surface area is 146 Å². The van der Waals surface area contributed by atoms with Crippen molar-refractivity contribution in [1.82, 2.24) is 24.6 Å². The molecule has 0 radical (unpaired) electrons. The quantitative estimate of drug-likeness (QED) is 0.825. The number of hydrogen-bond donors (Lipinski definition) is 0. The van der Waals surface area contributed by atoms with Gasteiger partial charge in [-0.3, -0.25) is 4.79 Å². The van der Waals surface area contributed by atoms with Gasteiger partial charge in [-0.05, 0) is 32.3 Å². The van der Waals surface area contributed by atoms with Crippen molar-refractivity contribution in [2.24, 2.45) is 0 Å². The second kappa shape index (κ2) is 7.50. The number of piperidine rings is 1. The number of nitrogens with zero attached hydrogens (tertiary/aromatic N) is 5. The molecule has 1 aliphatic rings. The van der Waals surface area contributed by atoms with E-state index in [0.29, 0.717) is 18.0 Å². The smallest absolute Gasteiger partial charge is 0.259 e. The van der Waals surface area contributed by atoms with E-state index < -0.39 is 0 Å². The predicted molar refractivity (Wildman–Crippen MR) is 90.7 cm³/mol. The topological polar surface area (TPSA) is 82.4 Å². The molecule has 2 aromatic heterocycles. The SMILES string of the molecule is CCn1cnnc1[C@@H]1CCCCN1C(=O)c1ccc(OC)nc1OC. The fourth-order valence-electron chi connectivity index (χ4n) is 3.22. The summed E-state index contributed by atoms with van der Waals surface area (Å²) in [5.74, 6) is 1.40. The molecule has 134 valence electrons. The minimum absolute atomic E-state index is 0.0875. The molecule has 3 heterocycles. The maximum atomic E-state index is 13.2. The van der Waals surface area contributed by atoms with Crippen LogP contribution in [0.2, 0.25) is 0 Å². The van der Waals surface area contributed by atoms with Crippen molar-refractivity contribution in [2.45, 2.75) is 38.8 Å². The summed E-state index contributed by atoms with van der Waals surface area (Å²) in [6, 6.07) is 3.28. The van der Waals surface area contributed by atoms with Crippen molar-refractivity contribution in [3.05, 3.63) is 29.8 Å². The van der Waals surface area contributed by atoms with Crippen LogP contribution in [0.15, 0.2) is 18.5 Å². The molecule has 0 spiro atoms. The van der Waals surface area contributed by atoms with Crippen LogP contribution < -0.4 is 9.47 Å². The van der Waals surface area contributed by atoms with Crippen LogP contribution in [-0.2, 0) is 6.54 Å². The first-order valence-electron chi connectivity index (χ1n) is 8.47. The van der Waals surface area contributed by atoms with E-state index in [9.17, 15) is 4.79 Å². The molecule has 0 aliphatic carbocycles. The van der Waals surface area contributed by atoms with Gasteiger partial charge in [0, 0.05) is 19.2 Å². The van der Waals surface area contributed by atoms with Crippen LogP contribution in [0, 0.1) is 0 Å². The first kappa shape index (κ1) is 17.2. The summed E-state index contributed by atoms with van der Waals surface area (Å²) in [6.07, 6.45) is 4.61. The van der Waals surface area contributed by atoms with E-state index in [4.69, 9.17) is 9.47 Å². The highest BCUT2D eigenvalue weighted by Crippen LogP contribution is 2.32. The standard InChI is InChI=1S/C17H23N5O3/c1-4-21-11-18-20-15(21)13-7-5-6-10-22(13)17(23)12-8-9-14(24-2)19-16(12)25-3/h8-9,11,13H,4-7,10H2,1-3H3/t13-/m0/s1. The Balaban J connectivity index is 1.94. The van der Waals surface area contributed by atoms with E-state index in [1.165, 1.54) is 14.2 Å². The summed E-state index contributed by atoms with van der Waals surface area (Å²) < 4.78 is 12.4. The molecule has 0 N–H and O–H groups in total. The fourth-order valence-corrected chi connectivity index (χ4v) is 3.22. The highest BCUT2D eigenvalue weighted by atomic mass is 16.5. The fraction of sp³-hybridized carbons (Fsp3) is 0.529. The zero-order valence-corrected chi connectivity index (χ0v) is 14.8. The Morgan fingerprint density at radius 3 is 2.84 bits per heavy atom. The molecule has 1 fully saturated rings. The van der Waals surface area contributed by atoms with Gasteiger partial charge >= 0.3 is 0 Å². The molecule has 0 saturated carbocycles. The highest BCUT2D eigenvalue weighted by molar-refractivity contribution is 5.96. The Morgan fingerprint density at radius 1 is 1.28 bits per heavy atom. The van der Waals surface area contributed by atoms with Gasteiger partial charge in [-0.25, -0.2) is 0 Å². The summed E-state index contributed by atoms with van der Waals surface area (Å²) in [6.45, 7) is 3.49. The number of aryl methyl sites for hydroxylation is 1. The molecule has 8 nitrogen and oxygen atoms in total. The minimum Gasteiger partial charge on any atom is -0.481 e. The van der Waals surface area contributed by atoms with Gasteiger partial charge in [-0.2, -0.15) is 4.98 Å². The molecule has 1 saturated heterocycles. The van der Waals surface area contributed by atoms with Gasteiger partial charge in [0.1, 0.15) is 11.9 Å². The van der Waals surface area contributed by atoms with Gasteiger partial charge in [0.25, 0.3) is 5.91 Å². The van der Waals surface area contributed by atoms with Crippen molar-refractivity contribution in [3.8, 4) is 11.8 Å². The Bertz CT molecular complexity index is 746. The molecule has 8 heteroatoms. The number of ether oxygens (including phenoxy) is 2. The molecule has 1 aliphatic heterocycles. The largest absolute Gasteiger partial charge is 0.481 e. The van der Waals surface area contributed by atoms with Gasteiger partial charge < -0.3 is 18.9 Å². The monoisotopic (exact) mass is 345 g/mol. The second-order valence-electron chi connectivity index (χ2n) is 5.90. The number of likely N-dealkylation sites (tertiary alicyclic amines) is 1. The summed E-state index contributed by atoms with van der Waals surface area (Å²) in [4.78, 5) is 19.3. The zero-order chi connectivity index (χ0) is 17.8. The number of rotatable bonds is 5. The molecule has 1 amide bonds. The average Bonchev–Trinajstić information content (AvgIpc) is 3.15. The third-order valence-corrected chi connectivity index (χ3v) is 4.52.